The van der Waals surface area contributed by atoms with Gasteiger partial charge >= 0.3 is 11.9 Å². The van der Waals surface area contributed by atoms with Crippen molar-refractivity contribution in [3.8, 4) is 0 Å². The van der Waals surface area contributed by atoms with Crippen LogP contribution in [0.15, 0.2) is 0 Å². The van der Waals surface area contributed by atoms with E-state index in [1.165, 1.54) is 14.0 Å². The van der Waals surface area contributed by atoms with Crippen LogP contribution >= 0.6 is 0 Å². The predicted octanol–water partition coefficient (Wildman–Crippen LogP) is -0.436. The predicted molar refractivity (Wildman–Crippen MR) is 129 cm³/mol. The fourth-order valence-electron chi connectivity index (χ4n) is 3.17. The number of nitrogens with one attached hydrogen (secondary N) is 2. The molecule has 0 saturated heterocycles. The Morgan fingerprint density at radius 1 is 0.763 bits per heavy atom. The molecule has 0 bridgehead atoms. The van der Waals surface area contributed by atoms with E-state index in [2.05, 4.69) is 15.4 Å². The van der Waals surface area contributed by atoms with Crippen LogP contribution < -0.4 is 10.6 Å². The van der Waals surface area contributed by atoms with Crippen molar-refractivity contribution in [3.05, 3.63) is 0 Å². The Labute approximate surface area is 221 Å². The number of hydrogen-bond acceptors (Lipinski definition) is 10. The normalized spacial score (nSPS) is 12.1. The molecule has 0 saturated carbocycles. The van der Waals surface area contributed by atoms with E-state index in [0.29, 0.717) is 48.7 Å². The van der Waals surface area contributed by atoms with Gasteiger partial charge in [0.05, 0.1) is 26.4 Å². The number of carbonyl (C=O) groups is 6. The molecule has 0 heterocycles. The standard InChI is InChI=1S/C23H40N4O11/c1-17(28)26(36)13-7-3-5-11-24-18(29)15-23(35,22(33)34)16-19(30)25-12-6-4-8-14-27(37)20(31)9-10-21(32)38-2/h35-37H,3-16H2,1-2H3,(H,24,29)(H,25,30)(H,33,34). The summed E-state index contributed by atoms with van der Waals surface area (Å²) in [6.45, 7) is 1.74. The number of hydroxylamine groups is 4. The van der Waals surface area contributed by atoms with Crippen LogP contribution in [0.1, 0.15) is 71.1 Å². The van der Waals surface area contributed by atoms with E-state index < -0.39 is 54.0 Å². The average molecular weight is 549 g/mol. The minimum Gasteiger partial charge on any atom is -0.479 e. The lowest BCUT2D eigenvalue weighted by molar-refractivity contribution is -0.167. The highest BCUT2D eigenvalue weighted by atomic mass is 16.5. The number of hydrogen-bond donors (Lipinski definition) is 6. The third kappa shape index (κ3) is 15.7. The Morgan fingerprint density at radius 3 is 1.66 bits per heavy atom. The van der Waals surface area contributed by atoms with E-state index in [0.717, 1.165) is 0 Å². The number of carboxylic acid groups (broad SMARTS) is 1. The lowest BCUT2D eigenvalue weighted by Gasteiger charge is -2.22. The zero-order chi connectivity index (χ0) is 29.1. The second-order valence-electron chi connectivity index (χ2n) is 8.75. The summed E-state index contributed by atoms with van der Waals surface area (Å²) in [5, 5.41) is 44.6. The molecule has 0 spiro atoms. The number of methoxy groups -OCH3 is 1. The first-order chi connectivity index (χ1) is 17.8. The maximum absolute atomic E-state index is 12.1. The van der Waals surface area contributed by atoms with Crippen molar-refractivity contribution in [2.45, 2.75) is 76.7 Å². The molecule has 1 atom stereocenters. The Kier molecular flexibility index (Phi) is 17.2. The number of carboxylic acids is 1. The van der Waals surface area contributed by atoms with Crippen LogP contribution in [0, 0.1) is 0 Å². The minimum absolute atomic E-state index is 0.0279. The van der Waals surface area contributed by atoms with Crippen molar-refractivity contribution in [2.75, 3.05) is 33.3 Å². The molecule has 0 aromatic carbocycles. The number of nitrogens with zero attached hydrogens (tertiary/aromatic N) is 2. The van der Waals surface area contributed by atoms with Gasteiger partial charge in [0, 0.05) is 39.5 Å². The second kappa shape index (κ2) is 18.9. The van der Waals surface area contributed by atoms with E-state index in [1.54, 1.807) is 0 Å². The zero-order valence-electron chi connectivity index (χ0n) is 21.9. The molecule has 0 aromatic heterocycles. The molecule has 0 aliphatic heterocycles. The number of aliphatic hydroxyl groups is 1. The monoisotopic (exact) mass is 548 g/mol. The summed E-state index contributed by atoms with van der Waals surface area (Å²) in [6.07, 6.45) is 0.972. The van der Waals surface area contributed by atoms with Gasteiger partial charge in [0.25, 0.3) is 0 Å². The van der Waals surface area contributed by atoms with Gasteiger partial charge < -0.3 is 25.6 Å². The number of unbranched alkanes of at least 4 members (excludes halogenated alkanes) is 4. The smallest absolute Gasteiger partial charge is 0.336 e. The van der Waals surface area contributed by atoms with Crippen LogP contribution in [-0.2, 0) is 33.5 Å². The molecular formula is C23H40N4O11. The molecule has 0 radical (unpaired) electrons. The van der Waals surface area contributed by atoms with Crippen LogP contribution in [0.4, 0.5) is 0 Å². The van der Waals surface area contributed by atoms with E-state index in [9.17, 15) is 49.4 Å². The number of esters is 1. The molecule has 218 valence electrons. The number of ether oxygens (including phenoxy) is 1. The number of rotatable bonds is 20. The minimum atomic E-state index is -2.59. The Hall–Kier alpha value is -3.30. The van der Waals surface area contributed by atoms with Crippen LogP contribution in [0.2, 0.25) is 0 Å². The largest absolute Gasteiger partial charge is 0.479 e. The molecule has 0 aromatic rings. The fraction of sp³-hybridized carbons (Fsp3) is 0.739. The van der Waals surface area contributed by atoms with Gasteiger partial charge in [-0.1, -0.05) is 0 Å². The van der Waals surface area contributed by atoms with Gasteiger partial charge in [0.2, 0.25) is 23.6 Å². The van der Waals surface area contributed by atoms with Crippen LogP contribution in [0.3, 0.4) is 0 Å². The summed E-state index contributed by atoms with van der Waals surface area (Å²) < 4.78 is 4.42. The first-order valence-corrected chi connectivity index (χ1v) is 12.3. The molecule has 38 heavy (non-hydrogen) atoms. The summed E-state index contributed by atoms with van der Waals surface area (Å²) in [4.78, 5) is 69.3. The summed E-state index contributed by atoms with van der Waals surface area (Å²) in [6, 6.07) is 0. The van der Waals surface area contributed by atoms with Crippen molar-refractivity contribution in [1.29, 1.82) is 0 Å². The van der Waals surface area contributed by atoms with Crippen molar-refractivity contribution in [3.63, 3.8) is 0 Å². The van der Waals surface area contributed by atoms with E-state index in [1.807, 2.05) is 0 Å². The molecule has 15 nitrogen and oxygen atoms in total. The molecular weight excluding hydrogens is 508 g/mol. The van der Waals surface area contributed by atoms with E-state index >= 15 is 0 Å². The quantitative estimate of drug-likeness (QED) is 0.0495. The summed E-state index contributed by atoms with van der Waals surface area (Å²) in [5.41, 5.74) is -2.59. The molecule has 6 N–H and O–H groups in total. The van der Waals surface area contributed by atoms with Gasteiger partial charge in [0.1, 0.15) is 0 Å². The maximum Gasteiger partial charge on any atom is 0.336 e. The number of amides is 4. The van der Waals surface area contributed by atoms with Gasteiger partial charge in [-0.15, -0.1) is 0 Å². The van der Waals surface area contributed by atoms with Gasteiger partial charge in [0.15, 0.2) is 5.60 Å². The van der Waals surface area contributed by atoms with Crippen molar-refractivity contribution >= 4 is 35.6 Å². The molecule has 0 aliphatic carbocycles. The maximum atomic E-state index is 12.1. The topological polar surface area (TPSA) is 223 Å². The van der Waals surface area contributed by atoms with Crippen molar-refractivity contribution < 1.29 is 54.1 Å². The third-order valence-electron chi connectivity index (χ3n) is 5.46. The second-order valence-corrected chi connectivity index (χ2v) is 8.75. The molecule has 4 amide bonds. The van der Waals surface area contributed by atoms with E-state index in [4.69, 9.17) is 0 Å². The summed E-state index contributed by atoms with van der Waals surface area (Å²) in [5.74, 6) is -4.88. The van der Waals surface area contributed by atoms with Crippen molar-refractivity contribution in [2.24, 2.45) is 0 Å². The highest BCUT2D eigenvalue weighted by Gasteiger charge is 2.40. The molecule has 0 aliphatic rings. The molecule has 0 rings (SSSR count). The number of carbonyl (C=O) groups excluding carboxylic acids is 5. The van der Waals surface area contributed by atoms with Gasteiger partial charge in [-0.25, -0.2) is 14.9 Å². The van der Waals surface area contributed by atoms with Gasteiger partial charge in [-0.05, 0) is 38.5 Å². The highest BCUT2D eigenvalue weighted by molar-refractivity contribution is 5.91. The molecule has 0 fully saturated rings. The van der Waals surface area contributed by atoms with Crippen molar-refractivity contribution in [1.82, 2.24) is 20.8 Å². The average Bonchev–Trinajstić information content (AvgIpc) is 2.85. The van der Waals surface area contributed by atoms with Crippen LogP contribution in [0.25, 0.3) is 0 Å². The lowest BCUT2D eigenvalue weighted by atomic mass is 9.94. The summed E-state index contributed by atoms with van der Waals surface area (Å²) in [7, 11) is 1.19. The van der Waals surface area contributed by atoms with Gasteiger partial charge in [-0.3, -0.25) is 34.4 Å². The van der Waals surface area contributed by atoms with Gasteiger partial charge in [-0.2, -0.15) is 0 Å². The Balaban J connectivity index is 4.21. The SMILES string of the molecule is COC(=O)CCC(=O)N(O)CCCCCNC(=O)CC(O)(CC(=O)NCCCCCN(O)C(C)=O)C(=O)O. The number of aliphatic carboxylic acids is 1. The van der Waals surface area contributed by atoms with Crippen LogP contribution in [0.5, 0.6) is 0 Å². The highest BCUT2D eigenvalue weighted by Crippen LogP contribution is 2.16. The zero-order valence-corrected chi connectivity index (χ0v) is 21.9. The van der Waals surface area contributed by atoms with Crippen LogP contribution in [-0.4, -0.2) is 105 Å². The Morgan fingerprint density at radius 2 is 1.24 bits per heavy atom. The van der Waals surface area contributed by atoms with E-state index in [-0.39, 0.29) is 39.0 Å². The fourth-order valence-corrected chi connectivity index (χ4v) is 3.17. The lowest BCUT2D eigenvalue weighted by Crippen LogP contribution is -2.47. The first kappa shape index (κ1) is 34.7. The third-order valence-corrected chi connectivity index (χ3v) is 5.46. The molecule has 15 heteroatoms. The first-order valence-electron chi connectivity index (χ1n) is 12.3. The molecule has 1 unspecified atom stereocenters. The summed E-state index contributed by atoms with van der Waals surface area (Å²) >= 11 is 0. The Bertz CT molecular complexity index is 808.